The first-order chi connectivity index (χ1) is 10.2. The van der Waals surface area contributed by atoms with Crippen molar-refractivity contribution in [3.8, 4) is 11.8 Å². The fraction of sp³-hybridized carbons (Fsp3) is 0.167. The summed E-state index contributed by atoms with van der Waals surface area (Å²) >= 11 is 1.74. The molecule has 3 heteroatoms. The molecule has 0 saturated carbocycles. The van der Waals surface area contributed by atoms with Crippen LogP contribution in [0.15, 0.2) is 41.8 Å². The fourth-order valence-corrected chi connectivity index (χ4v) is 3.48. The van der Waals surface area contributed by atoms with Crippen LogP contribution < -0.4 is 4.74 Å². The Balaban J connectivity index is 1.87. The lowest BCUT2D eigenvalue weighted by Crippen LogP contribution is -1.99. The molecule has 3 aromatic rings. The van der Waals surface area contributed by atoms with Gasteiger partial charge in [-0.15, -0.1) is 11.3 Å². The van der Waals surface area contributed by atoms with E-state index in [1.807, 2.05) is 26.0 Å². The monoisotopic (exact) mass is 293 g/mol. The zero-order valence-electron chi connectivity index (χ0n) is 12.0. The van der Waals surface area contributed by atoms with Crippen LogP contribution in [0.4, 0.5) is 0 Å². The second kappa shape index (κ2) is 5.59. The predicted octanol–water partition coefficient (Wildman–Crippen LogP) is 4.97. The summed E-state index contributed by atoms with van der Waals surface area (Å²) in [4.78, 5) is 0. The molecule has 0 bridgehead atoms. The Morgan fingerprint density at radius 2 is 1.86 bits per heavy atom. The van der Waals surface area contributed by atoms with Crippen LogP contribution in [0.3, 0.4) is 0 Å². The van der Waals surface area contributed by atoms with Gasteiger partial charge in [-0.2, -0.15) is 5.26 Å². The second-order valence-electron chi connectivity index (χ2n) is 5.10. The summed E-state index contributed by atoms with van der Waals surface area (Å²) in [6.07, 6.45) is 0. The molecule has 0 aliphatic heterocycles. The number of nitriles is 1. The Kier molecular flexibility index (Phi) is 3.64. The highest BCUT2D eigenvalue weighted by atomic mass is 32.1. The lowest BCUT2D eigenvalue weighted by atomic mass is 10.1. The van der Waals surface area contributed by atoms with E-state index in [9.17, 15) is 0 Å². The van der Waals surface area contributed by atoms with Crippen molar-refractivity contribution in [1.82, 2.24) is 0 Å². The van der Waals surface area contributed by atoms with E-state index in [1.54, 1.807) is 11.3 Å². The van der Waals surface area contributed by atoms with Crippen molar-refractivity contribution in [2.75, 3.05) is 0 Å². The molecule has 0 saturated heterocycles. The van der Waals surface area contributed by atoms with Gasteiger partial charge in [0.15, 0.2) is 0 Å². The van der Waals surface area contributed by atoms with E-state index >= 15 is 0 Å². The van der Waals surface area contributed by atoms with Crippen LogP contribution in [-0.2, 0) is 6.61 Å². The molecule has 104 valence electrons. The SMILES string of the molecule is Cc1cc(C#N)cc(C)c1OCc1csc2ccccc12. The minimum absolute atomic E-state index is 0.553. The molecule has 0 atom stereocenters. The van der Waals surface area contributed by atoms with Crippen LogP contribution in [-0.4, -0.2) is 0 Å². The minimum atomic E-state index is 0.553. The topological polar surface area (TPSA) is 33.0 Å². The van der Waals surface area contributed by atoms with Crippen LogP contribution in [0.2, 0.25) is 0 Å². The first-order valence-corrected chi connectivity index (χ1v) is 7.66. The van der Waals surface area contributed by atoms with Gasteiger partial charge in [0, 0.05) is 10.3 Å². The van der Waals surface area contributed by atoms with E-state index in [1.165, 1.54) is 15.6 Å². The van der Waals surface area contributed by atoms with Crippen molar-refractivity contribution in [3.05, 3.63) is 64.0 Å². The average molecular weight is 293 g/mol. The van der Waals surface area contributed by atoms with Gasteiger partial charge in [0.25, 0.3) is 0 Å². The number of rotatable bonds is 3. The third kappa shape index (κ3) is 2.63. The first-order valence-electron chi connectivity index (χ1n) is 6.78. The smallest absolute Gasteiger partial charge is 0.125 e. The zero-order valence-corrected chi connectivity index (χ0v) is 12.8. The number of nitrogens with zero attached hydrogens (tertiary/aromatic N) is 1. The molecule has 1 heterocycles. The van der Waals surface area contributed by atoms with Crippen molar-refractivity contribution in [1.29, 1.82) is 5.26 Å². The number of ether oxygens (including phenoxy) is 1. The molecule has 21 heavy (non-hydrogen) atoms. The Morgan fingerprint density at radius 1 is 1.14 bits per heavy atom. The van der Waals surface area contributed by atoms with E-state index in [2.05, 4.69) is 35.7 Å². The van der Waals surface area contributed by atoms with Crippen LogP contribution in [0.25, 0.3) is 10.1 Å². The summed E-state index contributed by atoms with van der Waals surface area (Å²) in [6, 6.07) is 14.3. The van der Waals surface area contributed by atoms with Crippen molar-refractivity contribution >= 4 is 21.4 Å². The van der Waals surface area contributed by atoms with Crippen LogP contribution in [0.5, 0.6) is 5.75 Å². The quantitative estimate of drug-likeness (QED) is 0.683. The van der Waals surface area contributed by atoms with Gasteiger partial charge < -0.3 is 4.74 Å². The third-order valence-electron chi connectivity index (χ3n) is 3.52. The van der Waals surface area contributed by atoms with Crippen LogP contribution >= 0.6 is 11.3 Å². The summed E-state index contributed by atoms with van der Waals surface area (Å²) < 4.78 is 7.30. The molecule has 2 nitrogen and oxygen atoms in total. The highest BCUT2D eigenvalue weighted by Crippen LogP contribution is 2.29. The zero-order chi connectivity index (χ0) is 14.8. The normalized spacial score (nSPS) is 10.5. The molecule has 2 aromatic carbocycles. The largest absolute Gasteiger partial charge is 0.488 e. The molecule has 0 amide bonds. The Labute approximate surface area is 128 Å². The van der Waals surface area contributed by atoms with Crippen molar-refractivity contribution in [2.24, 2.45) is 0 Å². The molecule has 3 rings (SSSR count). The van der Waals surface area contributed by atoms with E-state index < -0.39 is 0 Å². The van der Waals surface area contributed by atoms with Gasteiger partial charge in [0.05, 0.1) is 11.6 Å². The maximum atomic E-state index is 8.99. The molecule has 0 N–H and O–H groups in total. The van der Waals surface area contributed by atoms with Crippen LogP contribution in [0.1, 0.15) is 22.3 Å². The summed E-state index contributed by atoms with van der Waals surface area (Å²) in [5, 5.41) is 12.4. The second-order valence-corrected chi connectivity index (χ2v) is 6.01. The van der Waals surface area contributed by atoms with E-state index in [-0.39, 0.29) is 0 Å². The summed E-state index contributed by atoms with van der Waals surface area (Å²) in [5.74, 6) is 0.879. The Hall–Kier alpha value is -2.31. The van der Waals surface area contributed by atoms with E-state index in [0.29, 0.717) is 12.2 Å². The standard InChI is InChI=1S/C18H15NOS/c1-12-7-14(9-19)8-13(2)18(12)20-10-15-11-21-17-6-4-3-5-16(15)17/h3-8,11H,10H2,1-2H3. The maximum Gasteiger partial charge on any atom is 0.125 e. The van der Waals surface area contributed by atoms with Gasteiger partial charge in [-0.3, -0.25) is 0 Å². The molecule has 0 fully saturated rings. The van der Waals surface area contributed by atoms with Crippen molar-refractivity contribution < 1.29 is 4.74 Å². The lowest BCUT2D eigenvalue weighted by Gasteiger charge is -2.12. The number of aryl methyl sites for hydroxylation is 2. The molecule has 0 aliphatic carbocycles. The Bertz CT molecular complexity index is 819. The molecule has 0 unspecified atom stereocenters. The molecule has 0 aliphatic rings. The van der Waals surface area contributed by atoms with Crippen LogP contribution in [0, 0.1) is 25.2 Å². The average Bonchev–Trinajstić information content (AvgIpc) is 2.89. The van der Waals surface area contributed by atoms with Gasteiger partial charge in [0.1, 0.15) is 12.4 Å². The molecular formula is C18H15NOS. The first kappa shape index (κ1) is 13.7. The maximum absolute atomic E-state index is 8.99. The minimum Gasteiger partial charge on any atom is -0.488 e. The van der Waals surface area contributed by atoms with Crippen molar-refractivity contribution in [3.63, 3.8) is 0 Å². The van der Waals surface area contributed by atoms with Gasteiger partial charge >= 0.3 is 0 Å². The van der Waals surface area contributed by atoms with Crippen molar-refractivity contribution in [2.45, 2.75) is 20.5 Å². The van der Waals surface area contributed by atoms with Gasteiger partial charge in [-0.05, 0) is 53.9 Å². The molecule has 1 aromatic heterocycles. The summed E-state index contributed by atoms with van der Waals surface area (Å²) in [7, 11) is 0. The predicted molar refractivity (Wildman–Crippen MR) is 86.8 cm³/mol. The number of fused-ring (bicyclic) bond motifs is 1. The van der Waals surface area contributed by atoms with Gasteiger partial charge in [0.2, 0.25) is 0 Å². The summed E-state index contributed by atoms with van der Waals surface area (Å²) in [6.45, 7) is 4.52. The highest BCUT2D eigenvalue weighted by molar-refractivity contribution is 7.17. The Morgan fingerprint density at radius 3 is 2.57 bits per heavy atom. The van der Waals surface area contributed by atoms with Gasteiger partial charge in [-0.1, -0.05) is 18.2 Å². The number of benzene rings is 2. The highest BCUT2D eigenvalue weighted by Gasteiger charge is 2.09. The molecular weight excluding hydrogens is 278 g/mol. The number of thiophene rings is 1. The lowest BCUT2D eigenvalue weighted by molar-refractivity contribution is 0.304. The van der Waals surface area contributed by atoms with E-state index in [4.69, 9.17) is 10.00 Å². The van der Waals surface area contributed by atoms with Gasteiger partial charge in [-0.25, -0.2) is 0 Å². The summed E-state index contributed by atoms with van der Waals surface area (Å²) in [5.41, 5.74) is 3.90. The fourth-order valence-electron chi connectivity index (χ4n) is 2.54. The van der Waals surface area contributed by atoms with E-state index in [0.717, 1.165) is 16.9 Å². The molecule has 0 spiro atoms. The molecule has 0 radical (unpaired) electrons. The number of hydrogen-bond donors (Lipinski definition) is 0. The number of hydrogen-bond acceptors (Lipinski definition) is 3. The third-order valence-corrected chi connectivity index (χ3v) is 4.53.